The molecule has 0 fully saturated rings. The normalized spacial score (nSPS) is 13.0. The van der Waals surface area contributed by atoms with E-state index in [1.165, 1.54) is 0 Å². The fourth-order valence-corrected chi connectivity index (χ4v) is 2.72. The first kappa shape index (κ1) is 15.9. The third-order valence-corrected chi connectivity index (χ3v) is 4.08. The molecule has 0 aliphatic carbocycles. The van der Waals surface area contributed by atoms with Gasteiger partial charge in [-0.3, -0.25) is 10.2 Å². The van der Waals surface area contributed by atoms with Gasteiger partial charge in [0, 0.05) is 23.1 Å². The van der Waals surface area contributed by atoms with Gasteiger partial charge in [-0.1, -0.05) is 18.2 Å². The van der Waals surface area contributed by atoms with Gasteiger partial charge in [-0.2, -0.15) is 4.98 Å². The second-order valence-electron chi connectivity index (χ2n) is 5.77. The Hall–Kier alpha value is -3.61. The first-order valence-corrected chi connectivity index (χ1v) is 8.13. The molecule has 0 radical (unpaired) electrons. The minimum absolute atomic E-state index is 0.230. The number of urea groups is 1. The Bertz CT molecular complexity index is 928. The smallest absolute Gasteiger partial charge is 0.327 e. The Kier molecular flexibility index (Phi) is 4.10. The van der Waals surface area contributed by atoms with Crippen molar-refractivity contribution in [2.24, 2.45) is 0 Å². The molecule has 1 aromatic heterocycles. The van der Waals surface area contributed by atoms with E-state index in [0.717, 1.165) is 22.7 Å². The minimum Gasteiger partial charge on any atom is -0.497 e. The number of nitrogens with zero attached hydrogens (tertiary/aromatic N) is 3. The molecule has 2 amide bonds. The number of methoxy groups -OCH3 is 1. The molecular formula is C19H17N5O2. The van der Waals surface area contributed by atoms with Crippen LogP contribution in [0.3, 0.4) is 0 Å². The SMILES string of the molecule is COc1ccc(N2Cc3cnc(Nc4ccccc4)nc3NC2=O)cc1. The van der Waals surface area contributed by atoms with Gasteiger partial charge in [-0.25, -0.2) is 9.78 Å². The maximum absolute atomic E-state index is 12.5. The lowest BCUT2D eigenvalue weighted by Gasteiger charge is -2.28. The third-order valence-electron chi connectivity index (χ3n) is 4.08. The Morgan fingerprint density at radius 2 is 1.88 bits per heavy atom. The number of hydrogen-bond donors (Lipinski definition) is 2. The second kappa shape index (κ2) is 6.72. The summed E-state index contributed by atoms with van der Waals surface area (Å²) < 4.78 is 5.16. The molecule has 0 saturated heterocycles. The lowest BCUT2D eigenvalue weighted by Crippen LogP contribution is -2.39. The standard InChI is InChI=1S/C19H17N5O2/c1-26-16-9-7-15(8-10-16)24-12-13-11-20-18(22-17(13)23-19(24)25)21-14-5-3-2-4-6-14/h2-11H,12H2,1H3,(H2,20,21,22,23,25). The van der Waals surface area contributed by atoms with Crippen LogP contribution in [0.1, 0.15) is 5.56 Å². The minimum atomic E-state index is -0.230. The number of fused-ring (bicyclic) bond motifs is 1. The van der Waals surface area contributed by atoms with Gasteiger partial charge in [0.05, 0.1) is 13.7 Å². The molecule has 0 spiro atoms. The summed E-state index contributed by atoms with van der Waals surface area (Å²) in [5.74, 6) is 1.70. The van der Waals surface area contributed by atoms with Crippen LogP contribution in [-0.2, 0) is 6.54 Å². The molecule has 0 saturated carbocycles. The molecule has 1 aliphatic rings. The fraction of sp³-hybridized carbons (Fsp3) is 0.105. The van der Waals surface area contributed by atoms with Crippen molar-refractivity contribution in [1.29, 1.82) is 0 Å². The number of aromatic nitrogens is 2. The molecule has 0 atom stereocenters. The van der Waals surface area contributed by atoms with Gasteiger partial charge in [0.2, 0.25) is 5.95 Å². The van der Waals surface area contributed by atoms with Gasteiger partial charge in [0.15, 0.2) is 0 Å². The molecule has 26 heavy (non-hydrogen) atoms. The molecule has 4 rings (SSSR count). The highest BCUT2D eigenvalue weighted by molar-refractivity contribution is 6.03. The van der Waals surface area contributed by atoms with Crippen molar-refractivity contribution in [1.82, 2.24) is 9.97 Å². The molecule has 130 valence electrons. The molecule has 7 nitrogen and oxygen atoms in total. The number of anilines is 4. The van der Waals surface area contributed by atoms with Crippen LogP contribution >= 0.6 is 0 Å². The predicted molar refractivity (Wildman–Crippen MR) is 100.0 cm³/mol. The molecule has 3 aromatic rings. The summed E-state index contributed by atoms with van der Waals surface area (Å²) in [5.41, 5.74) is 2.51. The molecular weight excluding hydrogens is 330 g/mol. The topological polar surface area (TPSA) is 79.4 Å². The van der Waals surface area contributed by atoms with Crippen molar-refractivity contribution >= 4 is 29.2 Å². The van der Waals surface area contributed by atoms with Gasteiger partial charge in [0.25, 0.3) is 0 Å². The van der Waals surface area contributed by atoms with E-state index in [0.29, 0.717) is 18.3 Å². The maximum atomic E-state index is 12.5. The quantitative estimate of drug-likeness (QED) is 0.751. The second-order valence-corrected chi connectivity index (χ2v) is 5.77. The highest BCUT2D eigenvalue weighted by Crippen LogP contribution is 2.28. The van der Waals surface area contributed by atoms with Gasteiger partial charge in [-0.05, 0) is 36.4 Å². The number of ether oxygens (including phenoxy) is 1. The van der Waals surface area contributed by atoms with Crippen LogP contribution in [0.25, 0.3) is 0 Å². The van der Waals surface area contributed by atoms with E-state index in [-0.39, 0.29) is 6.03 Å². The third kappa shape index (κ3) is 3.14. The molecule has 7 heteroatoms. The van der Waals surface area contributed by atoms with E-state index in [1.807, 2.05) is 54.6 Å². The lowest BCUT2D eigenvalue weighted by molar-refractivity contribution is 0.256. The summed E-state index contributed by atoms with van der Waals surface area (Å²) in [5, 5.41) is 5.95. The van der Waals surface area contributed by atoms with Crippen molar-refractivity contribution in [2.45, 2.75) is 6.54 Å². The zero-order valence-corrected chi connectivity index (χ0v) is 14.1. The van der Waals surface area contributed by atoms with Crippen LogP contribution in [0.5, 0.6) is 5.75 Å². The molecule has 0 unspecified atom stereocenters. The van der Waals surface area contributed by atoms with Crippen molar-refractivity contribution in [3.63, 3.8) is 0 Å². The number of para-hydroxylation sites is 1. The van der Waals surface area contributed by atoms with Crippen molar-refractivity contribution < 1.29 is 9.53 Å². The number of carbonyl (C=O) groups excluding carboxylic acids is 1. The van der Waals surface area contributed by atoms with E-state index in [9.17, 15) is 4.79 Å². The highest BCUT2D eigenvalue weighted by atomic mass is 16.5. The number of hydrogen-bond acceptors (Lipinski definition) is 5. The Morgan fingerprint density at radius 1 is 1.12 bits per heavy atom. The zero-order valence-electron chi connectivity index (χ0n) is 14.1. The number of amides is 2. The van der Waals surface area contributed by atoms with Crippen LogP contribution in [-0.4, -0.2) is 23.1 Å². The van der Waals surface area contributed by atoms with E-state index in [2.05, 4.69) is 20.6 Å². The Morgan fingerprint density at radius 3 is 2.62 bits per heavy atom. The van der Waals surface area contributed by atoms with E-state index >= 15 is 0 Å². The number of benzene rings is 2. The number of carbonyl (C=O) groups is 1. The van der Waals surface area contributed by atoms with E-state index in [4.69, 9.17) is 4.74 Å². The Labute approximate surface area is 150 Å². The highest BCUT2D eigenvalue weighted by Gasteiger charge is 2.25. The van der Waals surface area contributed by atoms with Crippen molar-refractivity contribution in [3.8, 4) is 5.75 Å². The molecule has 2 aromatic carbocycles. The van der Waals surface area contributed by atoms with Crippen LogP contribution < -0.4 is 20.3 Å². The van der Waals surface area contributed by atoms with Gasteiger partial charge < -0.3 is 10.1 Å². The summed E-state index contributed by atoms with van der Waals surface area (Å²) in [7, 11) is 1.61. The summed E-state index contributed by atoms with van der Waals surface area (Å²) in [6.07, 6.45) is 1.73. The zero-order chi connectivity index (χ0) is 17.9. The number of nitrogens with one attached hydrogen (secondary N) is 2. The summed E-state index contributed by atoms with van der Waals surface area (Å²) >= 11 is 0. The van der Waals surface area contributed by atoms with Gasteiger partial charge in [-0.15, -0.1) is 0 Å². The molecule has 1 aliphatic heterocycles. The number of rotatable bonds is 4. The molecule has 2 N–H and O–H groups in total. The molecule has 2 heterocycles. The fourth-order valence-electron chi connectivity index (χ4n) is 2.72. The van der Waals surface area contributed by atoms with E-state index < -0.39 is 0 Å². The first-order chi connectivity index (χ1) is 12.7. The average Bonchev–Trinajstić information content (AvgIpc) is 2.68. The average molecular weight is 347 g/mol. The lowest BCUT2D eigenvalue weighted by atomic mass is 10.2. The largest absolute Gasteiger partial charge is 0.497 e. The van der Waals surface area contributed by atoms with Crippen LogP contribution in [0.2, 0.25) is 0 Å². The van der Waals surface area contributed by atoms with Crippen LogP contribution in [0, 0.1) is 0 Å². The monoisotopic (exact) mass is 347 g/mol. The maximum Gasteiger partial charge on any atom is 0.327 e. The molecule has 0 bridgehead atoms. The first-order valence-electron chi connectivity index (χ1n) is 8.13. The van der Waals surface area contributed by atoms with Gasteiger partial charge >= 0.3 is 6.03 Å². The Balaban J connectivity index is 1.56. The summed E-state index contributed by atoms with van der Waals surface area (Å²) in [6.45, 7) is 0.402. The summed E-state index contributed by atoms with van der Waals surface area (Å²) in [6, 6.07) is 16.7. The van der Waals surface area contributed by atoms with Crippen LogP contribution in [0.15, 0.2) is 60.8 Å². The predicted octanol–water partition coefficient (Wildman–Crippen LogP) is 3.78. The van der Waals surface area contributed by atoms with Crippen molar-refractivity contribution in [2.75, 3.05) is 22.6 Å². The van der Waals surface area contributed by atoms with E-state index in [1.54, 1.807) is 18.2 Å². The summed E-state index contributed by atoms with van der Waals surface area (Å²) in [4.78, 5) is 22.9. The van der Waals surface area contributed by atoms with Gasteiger partial charge in [0.1, 0.15) is 11.6 Å². The van der Waals surface area contributed by atoms with Crippen LogP contribution in [0.4, 0.5) is 27.9 Å². The van der Waals surface area contributed by atoms with Crippen molar-refractivity contribution in [3.05, 3.63) is 66.4 Å².